The zero-order chi connectivity index (χ0) is 15.5. The molecule has 0 spiro atoms. The van der Waals surface area contributed by atoms with Crippen molar-refractivity contribution >= 4 is 35.1 Å². The molecule has 1 aliphatic heterocycles. The van der Waals surface area contributed by atoms with Crippen LogP contribution in [-0.4, -0.2) is 21.8 Å². The molecule has 0 amide bonds. The van der Waals surface area contributed by atoms with E-state index in [-0.39, 0.29) is 5.56 Å². The first kappa shape index (κ1) is 15.1. The summed E-state index contributed by atoms with van der Waals surface area (Å²) in [4.78, 5) is 16.2. The summed E-state index contributed by atoms with van der Waals surface area (Å²) in [6, 6.07) is 10.2. The fourth-order valence-electron chi connectivity index (χ4n) is 2.41. The van der Waals surface area contributed by atoms with Crippen LogP contribution in [0.2, 0.25) is 0 Å². The van der Waals surface area contributed by atoms with Crippen LogP contribution in [0.25, 0.3) is 5.70 Å². The molecule has 6 heteroatoms. The monoisotopic (exact) mass is 331 g/mol. The summed E-state index contributed by atoms with van der Waals surface area (Å²) < 4.78 is 2.11. The second kappa shape index (κ2) is 6.54. The quantitative estimate of drug-likeness (QED) is 0.662. The Bertz CT molecular complexity index is 753. The van der Waals surface area contributed by atoms with E-state index in [1.165, 1.54) is 4.90 Å². The van der Waals surface area contributed by atoms with Crippen molar-refractivity contribution in [3.05, 3.63) is 64.2 Å². The summed E-state index contributed by atoms with van der Waals surface area (Å²) in [6.45, 7) is 0.733. The Hall–Kier alpha value is -1.79. The molecule has 1 aromatic heterocycles. The van der Waals surface area contributed by atoms with E-state index in [4.69, 9.17) is 0 Å². The van der Waals surface area contributed by atoms with Gasteiger partial charge in [0.05, 0.1) is 17.8 Å². The molecule has 0 fully saturated rings. The normalized spacial score (nSPS) is 13.5. The number of rotatable bonds is 4. The molecule has 3 rings (SSSR count). The second-order valence-electron chi connectivity index (χ2n) is 4.86. The topological polar surface area (TPSA) is 48.1 Å². The van der Waals surface area contributed by atoms with Gasteiger partial charge >= 0.3 is 0 Å². The lowest BCUT2D eigenvalue weighted by molar-refractivity contribution is 0.609. The molecular formula is C16H17N3OS2. The number of H-pyrrole nitrogens is 1. The Morgan fingerprint density at radius 2 is 1.95 bits per heavy atom. The van der Waals surface area contributed by atoms with Crippen LogP contribution in [0.1, 0.15) is 11.1 Å². The van der Waals surface area contributed by atoms with Gasteiger partial charge in [0, 0.05) is 29.2 Å². The third kappa shape index (κ3) is 3.03. The average molecular weight is 331 g/mol. The van der Waals surface area contributed by atoms with Gasteiger partial charge < -0.3 is 14.6 Å². The van der Waals surface area contributed by atoms with Crippen LogP contribution in [0.5, 0.6) is 0 Å². The molecule has 22 heavy (non-hydrogen) atoms. The zero-order valence-electron chi connectivity index (χ0n) is 12.4. The van der Waals surface area contributed by atoms with Crippen molar-refractivity contribution in [1.29, 1.82) is 0 Å². The number of hydrogen-bond donors (Lipinski definition) is 2. The maximum atomic E-state index is 12.2. The molecule has 0 unspecified atom stereocenters. The first-order valence-electron chi connectivity index (χ1n) is 6.86. The van der Waals surface area contributed by atoms with Crippen LogP contribution in [0.3, 0.4) is 0 Å². The zero-order valence-corrected chi connectivity index (χ0v) is 14.1. The van der Waals surface area contributed by atoms with Gasteiger partial charge in [-0.1, -0.05) is 11.9 Å². The number of aromatic nitrogens is 1. The van der Waals surface area contributed by atoms with Gasteiger partial charge in [0.25, 0.3) is 5.56 Å². The Labute approximate surface area is 138 Å². The number of benzene rings is 1. The number of fused-ring (bicyclic) bond motifs is 1. The average Bonchev–Trinajstić information content (AvgIpc) is 2.55. The van der Waals surface area contributed by atoms with Gasteiger partial charge in [-0.25, -0.2) is 0 Å². The minimum Gasteiger partial charge on any atom is -0.354 e. The van der Waals surface area contributed by atoms with Gasteiger partial charge in [-0.2, -0.15) is 0 Å². The lowest BCUT2D eigenvalue weighted by Gasteiger charge is -2.26. The summed E-state index contributed by atoms with van der Waals surface area (Å²) in [6.07, 6.45) is 7.78. The van der Waals surface area contributed by atoms with E-state index < -0.39 is 0 Å². The number of thioether (sulfide) groups is 1. The van der Waals surface area contributed by atoms with Crippen molar-refractivity contribution < 1.29 is 0 Å². The molecule has 0 bridgehead atoms. The first-order chi connectivity index (χ1) is 10.7. The third-order valence-corrected chi connectivity index (χ3v) is 4.97. The number of nitrogens with zero attached hydrogens (tertiary/aromatic N) is 1. The number of pyridine rings is 1. The highest BCUT2D eigenvalue weighted by atomic mass is 32.2. The van der Waals surface area contributed by atoms with Crippen LogP contribution >= 0.6 is 23.7 Å². The Morgan fingerprint density at radius 3 is 2.64 bits per heavy atom. The number of hydrogen-bond acceptors (Lipinski definition) is 5. The van der Waals surface area contributed by atoms with Gasteiger partial charge in [0.1, 0.15) is 0 Å². The minimum absolute atomic E-state index is 0.0577. The van der Waals surface area contributed by atoms with E-state index in [2.05, 4.69) is 33.0 Å². The van der Waals surface area contributed by atoms with Crippen molar-refractivity contribution in [2.75, 3.05) is 17.8 Å². The van der Waals surface area contributed by atoms with Crippen LogP contribution in [-0.2, 0) is 6.54 Å². The molecule has 1 aromatic carbocycles. The molecule has 1 aliphatic rings. The Balaban J connectivity index is 1.96. The van der Waals surface area contributed by atoms with Crippen molar-refractivity contribution in [2.24, 2.45) is 0 Å². The molecule has 2 N–H and O–H groups in total. The predicted molar refractivity (Wildman–Crippen MR) is 95.9 cm³/mol. The fourth-order valence-corrected chi connectivity index (χ4v) is 3.30. The molecule has 0 atom stereocenters. The number of anilines is 1. The largest absolute Gasteiger partial charge is 0.354 e. The van der Waals surface area contributed by atoms with E-state index in [9.17, 15) is 4.79 Å². The molecule has 4 nitrogen and oxygen atoms in total. The van der Waals surface area contributed by atoms with Gasteiger partial charge in [-0.05, 0) is 42.2 Å². The molecular weight excluding hydrogens is 314 g/mol. The van der Waals surface area contributed by atoms with Crippen LogP contribution in [0, 0.1) is 0 Å². The third-order valence-electron chi connectivity index (χ3n) is 3.52. The maximum Gasteiger partial charge on any atom is 0.257 e. The summed E-state index contributed by atoms with van der Waals surface area (Å²) in [5.74, 6) is 0. The fraction of sp³-hybridized carbons (Fsp3) is 0.188. The SMILES string of the molecule is CSc1ccc(NC2=CN(SC)Cc3cc[nH]c(=O)c32)cc1. The molecule has 0 aliphatic carbocycles. The Kier molecular flexibility index (Phi) is 4.49. The van der Waals surface area contributed by atoms with Crippen LogP contribution in [0.4, 0.5) is 5.69 Å². The van der Waals surface area contributed by atoms with E-state index in [0.717, 1.165) is 29.1 Å². The smallest absolute Gasteiger partial charge is 0.257 e. The molecule has 0 radical (unpaired) electrons. The molecule has 0 saturated carbocycles. The summed E-state index contributed by atoms with van der Waals surface area (Å²) in [7, 11) is 0. The van der Waals surface area contributed by atoms with Crippen molar-refractivity contribution in [3.8, 4) is 0 Å². The molecule has 0 saturated heterocycles. The maximum absolute atomic E-state index is 12.2. The summed E-state index contributed by atoms with van der Waals surface area (Å²) in [5.41, 5.74) is 3.50. The van der Waals surface area contributed by atoms with Gasteiger partial charge in [-0.3, -0.25) is 4.79 Å². The van der Waals surface area contributed by atoms with E-state index in [1.54, 1.807) is 29.9 Å². The van der Waals surface area contributed by atoms with E-state index >= 15 is 0 Å². The van der Waals surface area contributed by atoms with Crippen LogP contribution < -0.4 is 10.9 Å². The summed E-state index contributed by atoms with van der Waals surface area (Å²) in [5, 5.41) is 3.37. The molecule has 2 heterocycles. The van der Waals surface area contributed by atoms with Gasteiger partial charge in [0.2, 0.25) is 0 Å². The van der Waals surface area contributed by atoms with E-state index in [0.29, 0.717) is 0 Å². The lowest BCUT2D eigenvalue weighted by Crippen LogP contribution is -2.25. The standard InChI is InChI=1S/C16H17N3OS2/c1-21-13-5-3-12(4-6-13)18-14-10-19(22-2)9-11-7-8-17-16(20)15(11)14/h3-8,10,18H,9H2,1-2H3,(H,17,20). The highest BCUT2D eigenvalue weighted by molar-refractivity contribution is 7.98. The summed E-state index contributed by atoms with van der Waals surface area (Å²) >= 11 is 3.35. The first-order valence-corrected chi connectivity index (χ1v) is 9.26. The lowest BCUT2D eigenvalue weighted by atomic mass is 10.0. The van der Waals surface area contributed by atoms with Crippen molar-refractivity contribution in [2.45, 2.75) is 11.4 Å². The van der Waals surface area contributed by atoms with Crippen molar-refractivity contribution in [3.63, 3.8) is 0 Å². The molecule has 114 valence electrons. The molecule has 2 aromatic rings. The number of nitrogens with one attached hydrogen (secondary N) is 2. The predicted octanol–water partition coefficient (Wildman–Crippen LogP) is 3.60. The van der Waals surface area contributed by atoms with Gasteiger partial charge in [-0.15, -0.1) is 11.8 Å². The van der Waals surface area contributed by atoms with Crippen LogP contribution in [0.15, 0.2) is 52.4 Å². The highest BCUT2D eigenvalue weighted by Crippen LogP contribution is 2.28. The van der Waals surface area contributed by atoms with Gasteiger partial charge in [0.15, 0.2) is 0 Å². The Morgan fingerprint density at radius 1 is 1.18 bits per heavy atom. The minimum atomic E-state index is -0.0577. The van der Waals surface area contributed by atoms with Crippen molar-refractivity contribution in [1.82, 2.24) is 9.29 Å². The van der Waals surface area contributed by atoms with E-state index in [1.807, 2.05) is 30.7 Å². The number of aromatic amines is 1. The second-order valence-corrected chi connectivity index (χ2v) is 6.57. The highest BCUT2D eigenvalue weighted by Gasteiger charge is 2.20.